The van der Waals surface area contributed by atoms with E-state index in [9.17, 15) is 0 Å². The number of hydrogen-bond donors (Lipinski definition) is 2. The fourth-order valence-electron chi connectivity index (χ4n) is 2.25. The van der Waals surface area contributed by atoms with Crippen molar-refractivity contribution in [1.82, 2.24) is 10.3 Å². The second-order valence-corrected chi connectivity index (χ2v) is 4.35. The van der Waals surface area contributed by atoms with E-state index in [1.807, 2.05) is 13.1 Å². The van der Waals surface area contributed by atoms with Gasteiger partial charge < -0.3 is 15.0 Å². The van der Waals surface area contributed by atoms with Gasteiger partial charge in [0.1, 0.15) is 5.75 Å². The van der Waals surface area contributed by atoms with Crippen molar-refractivity contribution in [2.24, 2.45) is 0 Å². The summed E-state index contributed by atoms with van der Waals surface area (Å²) in [6.45, 7) is 3.19. The lowest BCUT2D eigenvalue weighted by molar-refractivity contribution is 0.415. The fourth-order valence-corrected chi connectivity index (χ4v) is 2.25. The standard InChI is InChI=1S/C14H20N2O/c1-10-12(5-4-8-15-2)13-9-11(17-3)6-7-14(13)16-10/h6-7,9,15-16H,4-5,8H2,1-3H3. The van der Waals surface area contributed by atoms with Gasteiger partial charge in [-0.2, -0.15) is 0 Å². The smallest absolute Gasteiger partial charge is 0.119 e. The average molecular weight is 232 g/mol. The molecule has 0 saturated carbocycles. The number of H-pyrrole nitrogens is 1. The molecule has 0 bridgehead atoms. The van der Waals surface area contributed by atoms with Crippen molar-refractivity contribution in [1.29, 1.82) is 0 Å². The molecule has 0 saturated heterocycles. The Kier molecular flexibility index (Phi) is 3.69. The Morgan fingerprint density at radius 2 is 2.18 bits per heavy atom. The highest BCUT2D eigenvalue weighted by molar-refractivity contribution is 5.86. The van der Waals surface area contributed by atoms with Gasteiger partial charge in [-0.05, 0) is 57.1 Å². The molecule has 0 aliphatic rings. The highest BCUT2D eigenvalue weighted by Crippen LogP contribution is 2.27. The molecule has 0 spiro atoms. The van der Waals surface area contributed by atoms with Crippen LogP contribution in [0.15, 0.2) is 18.2 Å². The molecule has 1 heterocycles. The molecule has 0 atom stereocenters. The molecule has 0 fully saturated rings. The third-order valence-corrected chi connectivity index (χ3v) is 3.18. The number of aryl methyl sites for hydroxylation is 2. The summed E-state index contributed by atoms with van der Waals surface area (Å²) >= 11 is 0. The van der Waals surface area contributed by atoms with Gasteiger partial charge in [-0.25, -0.2) is 0 Å². The van der Waals surface area contributed by atoms with E-state index in [0.29, 0.717) is 0 Å². The van der Waals surface area contributed by atoms with Crippen LogP contribution in [0.4, 0.5) is 0 Å². The van der Waals surface area contributed by atoms with Gasteiger partial charge >= 0.3 is 0 Å². The molecule has 1 aromatic heterocycles. The van der Waals surface area contributed by atoms with E-state index in [1.54, 1.807) is 7.11 Å². The summed E-state index contributed by atoms with van der Waals surface area (Å²) in [6.07, 6.45) is 2.25. The number of aromatic nitrogens is 1. The number of ether oxygens (including phenoxy) is 1. The van der Waals surface area contributed by atoms with Gasteiger partial charge in [-0.15, -0.1) is 0 Å². The molecule has 0 aliphatic heterocycles. The molecule has 17 heavy (non-hydrogen) atoms. The van der Waals surface area contributed by atoms with Crippen LogP contribution in [0, 0.1) is 6.92 Å². The summed E-state index contributed by atoms with van der Waals surface area (Å²) < 4.78 is 5.29. The van der Waals surface area contributed by atoms with Crippen molar-refractivity contribution in [3.05, 3.63) is 29.5 Å². The summed E-state index contributed by atoms with van der Waals surface area (Å²) in [5, 5.41) is 4.48. The van der Waals surface area contributed by atoms with Gasteiger partial charge in [0.2, 0.25) is 0 Å². The lowest BCUT2D eigenvalue weighted by atomic mass is 10.1. The molecule has 92 valence electrons. The van der Waals surface area contributed by atoms with Gasteiger partial charge in [-0.1, -0.05) is 0 Å². The first-order valence-electron chi connectivity index (χ1n) is 6.06. The van der Waals surface area contributed by atoms with E-state index < -0.39 is 0 Å². The monoisotopic (exact) mass is 232 g/mol. The molecule has 2 rings (SSSR count). The summed E-state index contributed by atoms with van der Waals surface area (Å²) in [4.78, 5) is 3.43. The second kappa shape index (κ2) is 5.23. The van der Waals surface area contributed by atoms with Gasteiger partial charge in [0.05, 0.1) is 7.11 Å². The molecule has 0 radical (unpaired) electrons. The van der Waals surface area contributed by atoms with Crippen LogP contribution >= 0.6 is 0 Å². The number of aromatic amines is 1. The molecular weight excluding hydrogens is 212 g/mol. The first-order valence-corrected chi connectivity index (χ1v) is 6.06. The summed E-state index contributed by atoms with van der Waals surface area (Å²) in [6, 6.07) is 6.20. The van der Waals surface area contributed by atoms with E-state index in [2.05, 4.69) is 29.4 Å². The summed E-state index contributed by atoms with van der Waals surface area (Å²) in [7, 11) is 3.70. The lowest BCUT2D eigenvalue weighted by Crippen LogP contribution is -2.08. The zero-order valence-electron chi connectivity index (χ0n) is 10.8. The van der Waals surface area contributed by atoms with Crippen LogP contribution in [0.25, 0.3) is 10.9 Å². The Hall–Kier alpha value is -1.48. The molecule has 2 N–H and O–H groups in total. The van der Waals surface area contributed by atoms with Crippen molar-refractivity contribution in [3.63, 3.8) is 0 Å². The largest absolute Gasteiger partial charge is 0.497 e. The van der Waals surface area contributed by atoms with E-state index in [0.717, 1.165) is 25.1 Å². The predicted molar refractivity (Wildman–Crippen MR) is 71.8 cm³/mol. The van der Waals surface area contributed by atoms with Gasteiger partial charge in [0.15, 0.2) is 0 Å². The number of benzene rings is 1. The second-order valence-electron chi connectivity index (χ2n) is 4.35. The summed E-state index contributed by atoms with van der Waals surface area (Å²) in [5.74, 6) is 0.923. The molecule has 3 nitrogen and oxygen atoms in total. The molecule has 2 aromatic rings. The minimum absolute atomic E-state index is 0.923. The van der Waals surface area contributed by atoms with Crippen LogP contribution in [-0.2, 0) is 6.42 Å². The lowest BCUT2D eigenvalue weighted by Gasteiger charge is -2.03. The van der Waals surface area contributed by atoms with Crippen molar-refractivity contribution >= 4 is 10.9 Å². The predicted octanol–water partition coefficient (Wildman–Crippen LogP) is 2.64. The maximum atomic E-state index is 5.29. The van der Waals surface area contributed by atoms with E-state index in [1.165, 1.54) is 22.2 Å². The zero-order chi connectivity index (χ0) is 12.3. The van der Waals surface area contributed by atoms with Crippen LogP contribution in [0.3, 0.4) is 0 Å². The molecule has 0 amide bonds. The first-order chi connectivity index (χ1) is 8.26. The minimum Gasteiger partial charge on any atom is -0.497 e. The highest BCUT2D eigenvalue weighted by atomic mass is 16.5. The number of methoxy groups -OCH3 is 1. The number of nitrogens with one attached hydrogen (secondary N) is 2. The fraction of sp³-hybridized carbons (Fsp3) is 0.429. The first kappa shape index (κ1) is 12.0. The zero-order valence-corrected chi connectivity index (χ0v) is 10.8. The normalized spacial score (nSPS) is 11.0. The van der Waals surface area contributed by atoms with Crippen LogP contribution in [0.5, 0.6) is 5.75 Å². The molecular formula is C14H20N2O. The van der Waals surface area contributed by atoms with Gasteiger partial charge in [-0.3, -0.25) is 0 Å². The topological polar surface area (TPSA) is 37.0 Å². The number of hydrogen-bond acceptors (Lipinski definition) is 2. The Balaban J connectivity index is 2.34. The van der Waals surface area contributed by atoms with Gasteiger partial charge in [0.25, 0.3) is 0 Å². The van der Waals surface area contributed by atoms with Crippen LogP contribution in [0.1, 0.15) is 17.7 Å². The van der Waals surface area contributed by atoms with E-state index in [-0.39, 0.29) is 0 Å². The SMILES string of the molecule is CNCCCc1c(C)[nH]c2ccc(OC)cc12. The molecule has 0 aliphatic carbocycles. The maximum absolute atomic E-state index is 5.29. The average Bonchev–Trinajstić information content (AvgIpc) is 2.65. The van der Waals surface area contributed by atoms with Crippen molar-refractivity contribution in [3.8, 4) is 5.75 Å². The quantitative estimate of drug-likeness (QED) is 0.778. The van der Waals surface area contributed by atoms with Crippen molar-refractivity contribution in [2.75, 3.05) is 20.7 Å². The van der Waals surface area contributed by atoms with Crippen molar-refractivity contribution in [2.45, 2.75) is 19.8 Å². The van der Waals surface area contributed by atoms with E-state index >= 15 is 0 Å². The third-order valence-electron chi connectivity index (χ3n) is 3.18. The van der Waals surface area contributed by atoms with Crippen LogP contribution in [-0.4, -0.2) is 25.7 Å². The third kappa shape index (κ3) is 2.44. The molecule has 3 heteroatoms. The molecule has 0 unspecified atom stereocenters. The Bertz CT molecular complexity index is 502. The Morgan fingerprint density at radius 3 is 2.88 bits per heavy atom. The number of fused-ring (bicyclic) bond motifs is 1. The maximum Gasteiger partial charge on any atom is 0.119 e. The highest BCUT2D eigenvalue weighted by Gasteiger charge is 2.08. The molecule has 1 aromatic carbocycles. The Labute approximate surface area is 102 Å². The Morgan fingerprint density at radius 1 is 1.35 bits per heavy atom. The van der Waals surface area contributed by atoms with Crippen LogP contribution in [0.2, 0.25) is 0 Å². The van der Waals surface area contributed by atoms with Crippen molar-refractivity contribution < 1.29 is 4.74 Å². The van der Waals surface area contributed by atoms with E-state index in [4.69, 9.17) is 4.74 Å². The van der Waals surface area contributed by atoms with Crippen LogP contribution < -0.4 is 10.1 Å². The minimum atomic E-state index is 0.923. The summed E-state index contributed by atoms with van der Waals surface area (Å²) in [5.41, 5.74) is 3.88. The number of rotatable bonds is 5. The van der Waals surface area contributed by atoms with Gasteiger partial charge in [0, 0.05) is 16.6 Å².